The van der Waals surface area contributed by atoms with Gasteiger partial charge in [0.2, 0.25) is 0 Å². The van der Waals surface area contributed by atoms with Gasteiger partial charge in [-0.3, -0.25) is 4.99 Å². The minimum Gasteiger partial charge on any atom is -0.495 e. The predicted molar refractivity (Wildman–Crippen MR) is 103 cm³/mol. The number of hydrogen-bond acceptors (Lipinski definition) is 5. The topological polar surface area (TPSA) is 79.6 Å². The largest absolute Gasteiger partial charge is 0.495 e. The van der Waals surface area contributed by atoms with E-state index in [1.54, 1.807) is 20.5 Å². The second-order valence-electron chi connectivity index (χ2n) is 6.21. The first-order valence-corrected chi connectivity index (χ1v) is 8.97. The molecule has 2 heterocycles. The first kappa shape index (κ1) is 18.0. The number of nitrogens with one attached hydrogen (secondary N) is 2. The summed E-state index contributed by atoms with van der Waals surface area (Å²) in [6.45, 7) is 5.42. The summed E-state index contributed by atoms with van der Waals surface area (Å²) >= 11 is 0. The number of benzene rings is 1. The van der Waals surface area contributed by atoms with E-state index in [0.29, 0.717) is 12.6 Å². The molecular formula is C18H27N7O. The van der Waals surface area contributed by atoms with Crippen molar-refractivity contribution in [2.75, 3.05) is 32.1 Å². The van der Waals surface area contributed by atoms with Gasteiger partial charge in [0.15, 0.2) is 11.8 Å². The number of aryl methyl sites for hydroxylation is 1. The van der Waals surface area contributed by atoms with Crippen molar-refractivity contribution < 1.29 is 4.74 Å². The summed E-state index contributed by atoms with van der Waals surface area (Å²) in [5.74, 6) is 2.59. The Morgan fingerprint density at radius 2 is 2.23 bits per heavy atom. The van der Waals surface area contributed by atoms with Crippen LogP contribution in [0.4, 0.5) is 5.69 Å². The van der Waals surface area contributed by atoms with Gasteiger partial charge in [0, 0.05) is 32.7 Å². The summed E-state index contributed by atoms with van der Waals surface area (Å²) in [5.41, 5.74) is 1.14. The fraction of sp³-hybridized carbons (Fsp3) is 0.500. The Balaban J connectivity index is 1.55. The van der Waals surface area contributed by atoms with E-state index >= 15 is 0 Å². The van der Waals surface area contributed by atoms with Crippen molar-refractivity contribution in [3.8, 4) is 5.75 Å². The lowest BCUT2D eigenvalue weighted by atomic mass is 10.2. The normalized spacial score (nSPS) is 17.4. The summed E-state index contributed by atoms with van der Waals surface area (Å²) in [5, 5.41) is 14.9. The Labute approximate surface area is 154 Å². The summed E-state index contributed by atoms with van der Waals surface area (Å²) in [6, 6.07) is 8.47. The molecule has 2 aromatic rings. The van der Waals surface area contributed by atoms with Crippen LogP contribution in [0, 0.1) is 0 Å². The molecule has 1 unspecified atom stereocenters. The highest BCUT2D eigenvalue weighted by atomic mass is 16.5. The number of ether oxygens (including phenoxy) is 1. The van der Waals surface area contributed by atoms with E-state index in [-0.39, 0.29) is 0 Å². The first-order chi connectivity index (χ1) is 12.7. The van der Waals surface area contributed by atoms with Crippen molar-refractivity contribution in [3.63, 3.8) is 0 Å². The average Bonchev–Trinajstić information content (AvgIpc) is 3.34. The predicted octanol–water partition coefficient (Wildman–Crippen LogP) is 1.25. The third kappa shape index (κ3) is 4.07. The van der Waals surface area contributed by atoms with E-state index in [0.717, 1.165) is 49.3 Å². The second kappa shape index (κ2) is 8.55. The molecular weight excluding hydrogens is 330 g/mol. The van der Waals surface area contributed by atoms with Crippen molar-refractivity contribution in [1.29, 1.82) is 0 Å². The third-order valence-corrected chi connectivity index (χ3v) is 4.63. The van der Waals surface area contributed by atoms with E-state index < -0.39 is 0 Å². The summed E-state index contributed by atoms with van der Waals surface area (Å²) in [7, 11) is 3.50. The molecule has 26 heavy (non-hydrogen) atoms. The van der Waals surface area contributed by atoms with Crippen LogP contribution in [0.25, 0.3) is 0 Å². The summed E-state index contributed by atoms with van der Waals surface area (Å²) in [4.78, 5) is 6.68. The van der Waals surface area contributed by atoms with Gasteiger partial charge < -0.3 is 24.8 Å². The summed E-state index contributed by atoms with van der Waals surface area (Å²) < 4.78 is 7.50. The van der Waals surface area contributed by atoms with Gasteiger partial charge in [0.05, 0.1) is 19.3 Å². The Hall–Kier alpha value is -2.77. The van der Waals surface area contributed by atoms with Crippen LogP contribution in [-0.2, 0) is 13.1 Å². The monoisotopic (exact) mass is 357 g/mol. The van der Waals surface area contributed by atoms with Gasteiger partial charge in [-0.25, -0.2) is 0 Å². The maximum absolute atomic E-state index is 5.48. The van der Waals surface area contributed by atoms with Crippen molar-refractivity contribution in [2.45, 2.75) is 32.5 Å². The SMILES string of the molecule is CCn1cnnc1CNC(=NC)NC1CCN(c2ccccc2OC)C1. The molecule has 1 aliphatic heterocycles. The molecule has 3 rings (SSSR count). The molecule has 140 valence electrons. The standard InChI is InChI=1S/C18H27N7O/c1-4-24-13-21-23-17(24)11-20-18(19-2)22-14-9-10-25(12-14)15-7-5-6-8-16(15)26-3/h5-8,13-14H,4,9-12H2,1-3H3,(H2,19,20,22). The molecule has 0 aliphatic carbocycles. The Bertz CT molecular complexity index is 743. The minimum atomic E-state index is 0.329. The van der Waals surface area contributed by atoms with E-state index in [1.807, 2.05) is 22.8 Å². The quantitative estimate of drug-likeness (QED) is 0.598. The molecule has 1 aromatic heterocycles. The highest BCUT2D eigenvalue weighted by molar-refractivity contribution is 5.80. The fourth-order valence-electron chi connectivity index (χ4n) is 3.22. The summed E-state index contributed by atoms with van der Waals surface area (Å²) in [6.07, 6.45) is 2.79. The minimum absolute atomic E-state index is 0.329. The Kier molecular flexibility index (Phi) is 5.93. The molecule has 1 fully saturated rings. The van der Waals surface area contributed by atoms with Crippen LogP contribution in [0.1, 0.15) is 19.2 Å². The van der Waals surface area contributed by atoms with Crippen LogP contribution in [-0.4, -0.2) is 54.0 Å². The molecule has 8 heteroatoms. The molecule has 1 atom stereocenters. The number of aliphatic imine (C=N–C) groups is 1. The maximum Gasteiger partial charge on any atom is 0.191 e. The molecule has 1 aliphatic rings. The number of anilines is 1. The van der Waals surface area contributed by atoms with Gasteiger partial charge in [0.1, 0.15) is 12.1 Å². The van der Waals surface area contributed by atoms with Gasteiger partial charge in [-0.15, -0.1) is 10.2 Å². The van der Waals surface area contributed by atoms with Crippen LogP contribution in [0.15, 0.2) is 35.6 Å². The maximum atomic E-state index is 5.48. The molecule has 0 bridgehead atoms. The van der Waals surface area contributed by atoms with Crippen LogP contribution >= 0.6 is 0 Å². The van der Waals surface area contributed by atoms with E-state index in [1.165, 1.54) is 0 Å². The number of para-hydroxylation sites is 2. The highest BCUT2D eigenvalue weighted by Gasteiger charge is 2.25. The van der Waals surface area contributed by atoms with Gasteiger partial charge >= 0.3 is 0 Å². The van der Waals surface area contributed by atoms with Crippen molar-refractivity contribution in [3.05, 3.63) is 36.4 Å². The van der Waals surface area contributed by atoms with Gasteiger partial charge in [-0.1, -0.05) is 12.1 Å². The van der Waals surface area contributed by atoms with Crippen LogP contribution < -0.4 is 20.3 Å². The Morgan fingerprint density at radius 3 is 3.00 bits per heavy atom. The third-order valence-electron chi connectivity index (χ3n) is 4.63. The second-order valence-corrected chi connectivity index (χ2v) is 6.21. The zero-order chi connectivity index (χ0) is 18.4. The molecule has 0 spiro atoms. The number of hydrogen-bond donors (Lipinski definition) is 2. The number of methoxy groups -OCH3 is 1. The molecule has 0 radical (unpaired) electrons. The average molecular weight is 357 g/mol. The number of nitrogens with zero attached hydrogens (tertiary/aromatic N) is 5. The molecule has 0 amide bonds. The van der Waals surface area contributed by atoms with E-state index in [9.17, 15) is 0 Å². The van der Waals surface area contributed by atoms with Crippen LogP contribution in [0.3, 0.4) is 0 Å². The van der Waals surface area contributed by atoms with Gasteiger partial charge in [-0.05, 0) is 25.5 Å². The number of guanidine groups is 1. The van der Waals surface area contributed by atoms with Crippen molar-refractivity contribution in [2.24, 2.45) is 4.99 Å². The molecule has 1 saturated heterocycles. The molecule has 0 saturated carbocycles. The molecule has 1 aromatic carbocycles. The van der Waals surface area contributed by atoms with Gasteiger partial charge in [-0.2, -0.15) is 0 Å². The van der Waals surface area contributed by atoms with E-state index in [2.05, 4.69) is 43.7 Å². The van der Waals surface area contributed by atoms with Crippen LogP contribution in [0.5, 0.6) is 5.75 Å². The van der Waals surface area contributed by atoms with Crippen molar-refractivity contribution in [1.82, 2.24) is 25.4 Å². The smallest absolute Gasteiger partial charge is 0.191 e. The molecule has 2 N–H and O–H groups in total. The van der Waals surface area contributed by atoms with Crippen molar-refractivity contribution >= 4 is 11.6 Å². The Morgan fingerprint density at radius 1 is 1.38 bits per heavy atom. The highest BCUT2D eigenvalue weighted by Crippen LogP contribution is 2.30. The fourth-order valence-corrected chi connectivity index (χ4v) is 3.22. The zero-order valence-corrected chi connectivity index (χ0v) is 15.6. The molecule has 8 nitrogen and oxygen atoms in total. The first-order valence-electron chi connectivity index (χ1n) is 8.97. The lowest BCUT2D eigenvalue weighted by Crippen LogP contribution is -2.44. The van der Waals surface area contributed by atoms with Crippen LogP contribution in [0.2, 0.25) is 0 Å². The lowest BCUT2D eigenvalue weighted by molar-refractivity contribution is 0.415. The van der Waals surface area contributed by atoms with E-state index in [4.69, 9.17) is 4.74 Å². The number of rotatable bonds is 6. The van der Waals surface area contributed by atoms with Gasteiger partial charge in [0.25, 0.3) is 0 Å². The zero-order valence-electron chi connectivity index (χ0n) is 15.6. The lowest BCUT2D eigenvalue weighted by Gasteiger charge is -2.22. The number of aromatic nitrogens is 3.